The Labute approximate surface area is 175 Å². The molecule has 2 rings (SSSR count). The molecule has 2 aromatic rings. The van der Waals surface area contributed by atoms with Gasteiger partial charge in [0.25, 0.3) is 0 Å². The summed E-state index contributed by atoms with van der Waals surface area (Å²) in [5.74, 6) is -25.6. The predicted molar refractivity (Wildman–Crippen MR) is 92.8 cm³/mol. The third-order valence-electron chi connectivity index (χ3n) is 4.61. The zero-order chi connectivity index (χ0) is 24.3. The molecule has 0 spiro atoms. The minimum Gasteiger partial charge on any atom is -0.466 e. The van der Waals surface area contributed by atoms with Gasteiger partial charge in [0, 0.05) is 17.3 Å². The van der Waals surface area contributed by atoms with Crippen LogP contribution < -0.4 is 10.9 Å². The van der Waals surface area contributed by atoms with E-state index in [-0.39, 0.29) is 25.9 Å². The van der Waals surface area contributed by atoms with Crippen molar-refractivity contribution < 1.29 is 53.4 Å². The van der Waals surface area contributed by atoms with E-state index in [0.717, 1.165) is 0 Å². The molecule has 0 unspecified atom stereocenters. The Morgan fingerprint density at radius 1 is 0.625 bits per heavy atom. The maximum Gasteiger partial charge on any atom is 0.305 e. The van der Waals surface area contributed by atoms with Crippen molar-refractivity contribution in [1.29, 1.82) is 0 Å². The molecule has 0 aliphatic rings. The van der Waals surface area contributed by atoms with Crippen molar-refractivity contribution in [2.24, 2.45) is 0 Å². The zero-order valence-corrected chi connectivity index (χ0v) is 16.2. The second-order valence-corrected chi connectivity index (χ2v) is 6.57. The van der Waals surface area contributed by atoms with E-state index in [4.69, 9.17) is 0 Å². The van der Waals surface area contributed by atoms with Gasteiger partial charge >= 0.3 is 5.97 Å². The maximum atomic E-state index is 14.3. The average molecular weight is 474 g/mol. The molecule has 0 aromatic heterocycles. The van der Waals surface area contributed by atoms with Gasteiger partial charge in [-0.05, 0) is 13.3 Å². The van der Waals surface area contributed by atoms with Crippen molar-refractivity contribution in [2.45, 2.75) is 32.5 Å². The fourth-order valence-corrected chi connectivity index (χ4v) is 3.14. The first-order valence-electron chi connectivity index (χ1n) is 9.13. The van der Waals surface area contributed by atoms with E-state index in [9.17, 15) is 48.7 Å². The smallest absolute Gasteiger partial charge is 0.305 e. The fourth-order valence-electron chi connectivity index (χ4n) is 3.14. The van der Waals surface area contributed by atoms with Gasteiger partial charge in [0.05, 0.1) is 6.61 Å². The van der Waals surface area contributed by atoms with Crippen LogP contribution in [0, 0.1) is 58.2 Å². The van der Waals surface area contributed by atoms with Crippen LogP contribution in [-0.2, 0) is 9.53 Å². The SMILES string of the molecule is CCOC(=O)CCCCB(c1c(F)c(F)c(F)c(F)c1F)c1c(F)c(F)c(F)c(F)c1F. The van der Waals surface area contributed by atoms with Gasteiger partial charge in [-0.2, -0.15) is 0 Å². The lowest BCUT2D eigenvalue weighted by atomic mass is 9.37. The molecule has 0 atom stereocenters. The molecule has 2 aromatic carbocycles. The highest BCUT2D eigenvalue weighted by Crippen LogP contribution is 2.22. The summed E-state index contributed by atoms with van der Waals surface area (Å²) < 4.78 is 143. The molecule has 0 aliphatic carbocycles. The first-order valence-corrected chi connectivity index (χ1v) is 9.13. The third kappa shape index (κ3) is 4.70. The van der Waals surface area contributed by atoms with E-state index in [0.29, 0.717) is 0 Å². The standard InChI is InChI=1S/C19H13BF10O2/c1-2-32-7(31)5-3-4-6-20(8-10(21)14(25)18(29)15(26)11(8)22)9-12(23)16(27)19(30)17(28)13(9)24/h2-6H2,1H3. The fraction of sp³-hybridized carbons (Fsp3) is 0.316. The van der Waals surface area contributed by atoms with Crippen molar-refractivity contribution >= 4 is 23.6 Å². The summed E-state index contributed by atoms with van der Waals surface area (Å²) in [4.78, 5) is 11.4. The molecule has 2 nitrogen and oxygen atoms in total. The lowest BCUT2D eigenvalue weighted by Crippen LogP contribution is -2.50. The number of rotatable bonds is 8. The summed E-state index contributed by atoms with van der Waals surface area (Å²) in [6.45, 7) is -0.928. The van der Waals surface area contributed by atoms with Gasteiger partial charge in [0.15, 0.2) is 58.2 Å². The van der Waals surface area contributed by atoms with Gasteiger partial charge in [-0.15, -0.1) is 0 Å². The minimum atomic E-state index is -2.57. The highest BCUT2D eigenvalue weighted by molar-refractivity contribution is 6.85. The first-order chi connectivity index (χ1) is 14.9. The Bertz CT molecular complexity index is 916. The minimum absolute atomic E-state index is 0.0244. The number of esters is 1. The molecule has 174 valence electrons. The second-order valence-electron chi connectivity index (χ2n) is 6.57. The monoisotopic (exact) mass is 474 g/mol. The van der Waals surface area contributed by atoms with Crippen molar-refractivity contribution in [1.82, 2.24) is 0 Å². The number of halogens is 10. The van der Waals surface area contributed by atoms with Crippen molar-refractivity contribution in [3.63, 3.8) is 0 Å². The quantitative estimate of drug-likeness (QED) is 0.142. The summed E-state index contributed by atoms with van der Waals surface area (Å²) in [6, 6.07) is 0. The summed E-state index contributed by atoms with van der Waals surface area (Å²) in [6.07, 6.45) is -1.58. The van der Waals surface area contributed by atoms with Crippen LogP contribution in [0.4, 0.5) is 43.9 Å². The van der Waals surface area contributed by atoms with Gasteiger partial charge in [-0.1, -0.05) is 12.7 Å². The molecule has 0 N–H and O–H groups in total. The highest BCUT2D eigenvalue weighted by atomic mass is 19.2. The largest absolute Gasteiger partial charge is 0.466 e. The van der Waals surface area contributed by atoms with Gasteiger partial charge in [-0.25, -0.2) is 43.9 Å². The number of carbonyl (C=O) groups is 1. The molecule has 13 heteroatoms. The number of hydrogen-bond donors (Lipinski definition) is 0. The van der Waals surface area contributed by atoms with Crippen molar-refractivity contribution in [2.75, 3.05) is 6.61 Å². The lowest BCUT2D eigenvalue weighted by Gasteiger charge is -2.19. The van der Waals surface area contributed by atoms with Crippen LogP contribution in [-0.4, -0.2) is 19.3 Å². The number of unbranched alkanes of at least 4 members (excludes halogenated alkanes) is 1. The molecule has 0 bridgehead atoms. The molecule has 32 heavy (non-hydrogen) atoms. The van der Waals surface area contributed by atoms with E-state index in [1.165, 1.54) is 6.92 Å². The van der Waals surface area contributed by atoms with E-state index in [2.05, 4.69) is 4.74 Å². The van der Waals surface area contributed by atoms with Crippen LogP contribution in [0.3, 0.4) is 0 Å². The topological polar surface area (TPSA) is 26.3 Å². The highest BCUT2D eigenvalue weighted by Gasteiger charge is 2.39. The van der Waals surface area contributed by atoms with Crippen molar-refractivity contribution in [3.05, 3.63) is 58.2 Å². The number of carbonyl (C=O) groups excluding carboxylic acids is 1. The molecule has 0 heterocycles. The zero-order valence-electron chi connectivity index (χ0n) is 16.2. The van der Waals surface area contributed by atoms with Gasteiger partial charge in [0.1, 0.15) is 0 Å². The number of ether oxygens (including phenoxy) is 1. The van der Waals surface area contributed by atoms with E-state index in [1.54, 1.807) is 0 Å². The molecular weight excluding hydrogens is 461 g/mol. The molecule has 0 amide bonds. The second kappa shape index (κ2) is 10.3. The van der Waals surface area contributed by atoms with E-state index < -0.39 is 88.1 Å². The molecule has 0 saturated heterocycles. The van der Waals surface area contributed by atoms with E-state index in [1.807, 2.05) is 0 Å². The van der Waals surface area contributed by atoms with Gasteiger partial charge in [0.2, 0.25) is 6.71 Å². The molecule has 0 radical (unpaired) electrons. The predicted octanol–water partition coefficient (Wildman–Crippen LogP) is 4.42. The van der Waals surface area contributed by atoms with E-state index >= 15 is 0 Å². The van der Waals surface area contributed by atoms with Gasteiger partial charge in [-0.3, -0.25) is 4.79 Å². The Morgan fingerprint density at radius 3 is 1.31 bits per heavy atom. The normalized spacial score (nSPS) is 11.1. The summed E-state index contributed by atoms with van der Waals surface area (Å²) in [7, 11) is 0. The average Bonchev–Trinajstić information content (AvgIpc) is 2.76. The van der Waals surface area contributed by atoms with Crippen LogP contribution in [0.2, 0.25) is 6.32 Å². The first kappa shape index (κ1) is 25.5. The van der Waals surface area contributed by atoms with Crippen LogP contribution in [0.1, 0.15) is 26.2 Å². The molecule has 0 aliphatic heterocycles. The van der Waals surface area contributed by atoms with Gasteiger partial charge < -0.3 is 4.74 Å². The Morgan fingerprint density at radius 2 is 0.969 bits per heavy atom. The Kier molecular flexibility index (Phi) is 8.19. The summed E-state index contributed by atoms with van der Waals surface area (Å²) >= 11 is 0. The van der Waals surface area contributed by atoms with Crippen LogP contribution >= 0.6 is 0 Å². The molecule has 0 saturated carbocycles. The van der Waals surface area contributed by atoms with Crippen molar-refractivity contribution in [3.8, 4) is 0 Å². The van der Waals surface area contributed by atoms with Crippen LogP contribution in [0.15, 0.2) is 0 Å². The van der Waals surface area contributed by atoms with Crippen LogP contribution in [0.25, 0.3) is 0 Å². The molecule has 0 fully saturated rings. The van der Waals surface area contributed by atoms with Crippen LogP contribution in [0.5, 0.6) is 0 Å². The number of hydrogen-bond acceptors (Lipinski definition) is 2. The summed E-state index contributed by atoms with van der Waals surface area (Å²) in [5.41, 5.74) is -3.53. The third-order valence-corrected chi connectivity index (χ3v) is 4.61. The maximum absolute atomic E-state index is 14.3. The lowest BCUT2D eigenvalue weighted by molar-refractivity contribution is -0.143. The number of benzene rings is 2. The molecular formula is C19H13BF10O2. The summed E-state index contributed by atoms with van der Waals surface area (Å²) in [5, 5.41) is 0. The Hall–Kier alpha value is -2.73. The Balaban J connectivity index is 2.63.